The summed E-state index contributed by atoms with van der Waals surface area (Å²) in [6.07, 6.45) is 3.29. The molecule has 1 heterocycles. The lowest BCUT2D eigenvalue weighted by molar-refractivity contribution is 0.346. The number of benzene rings is 1. The summed E-state index contributed by atoms with van der Waals surface area (Å²) >= 11 is 0. The molecule has 5 heteroatoms. The number of rotatable bonds is 6. The van der Waals surface area contributed by atoms with Gasteiger partial charge >= 0.3 is 0 Å². The van der Waals surface area contributed by atoms with Gasteiger partial charge in [0.2, 0.25) is 0 Å². The highest BCUT2D eigenvalue weighted by Crippen LogP contribution is 2.33. The van der Waals surface area contributed by atoms with Crippen molar-refractivity contribution in [2.24, 2.45) is 4.99 Å². The van der Waals surface area contributed by atoms with Gasteiger partial charge in [0, 0.05) is 26.2 Å². The smallest absolute Gasteiger partial charge is 0.194 e. The molecule has 23 heavy (non-hydrogen) atoms. The molecular formula is C18H29N3O2. The van der Waals surface area contributed by atoms with Gasteiger partial charge in [0.15, 0.2) is 17.5 Å². The fourth-order valence-corrected chi connectivity index (χ4v) is 2.83. The van der Waals surface area contributed by atoms with Gasteiger partial charge in [-0.25, -0.2) is 0 Å². The molecule has 128 valence electrons. The minimum atomic E-state index is 0.793. The summed E-state index contributed by atoms with van der Waals surface area (Å²) in [6.45, 7) is 7.91. The first-order valence-corrected chi connectivity index (χ1v) is 8.50. The lowest BCUT2D eigenvalue weighted by Gasteiger charge is -2.32. The van der Waals surface area contributed by atoms with Crippen molar-refractivity contribution in [3.8, 4) is 11.5 Å². The number of ether oxygens (including phenoxy) is 2. The number of fused-ring (bicyclic) bond motifs is 1. The molecule has 1 aliphatic rings. The molecule has 1 aromatic carbocycles. The van der Waals surface area contributed by atoms with E-state index in [2.05, 4.69) is 36.2 Å². The molecule has 1 N–H and O–H groups in total. The number of guanidine groups is 1. The summed E-state index contributed by atoms with van der Waals surface area (Å²) in [6, 6.07) is 4.20. The van der Waals surface area contributed by atoms with Gasteiger partial charge in [-0.15, -0.1) is 0 Å². The molecular weight excluding hydrogens is 290 g/mol. The van der Waals surface area contributed by atoms with E-state index in [1.165, 1.54) is 17.5 Å². The summed E-state index contributed by atoms with van der Waals surface area (Å²) in [5, 5.41) is 3.41. The van der Waals surface area contributed by atoms with E-state index < -0.39 is 0 Å². The molecule has 0 fully saturated rings. The van der Waals surface area contributed by atoms with Crippen LogP contribution in [-0.4, -0.2) is 44.7 Å². The van der Waals surface area contributed by atoms with Crippen molar-refractivity contribution in [2.75, 3.05) is 33.9 Å². The number of hydrogen-bond donors (Lipinski definition) is 1. The topological polar surface area (TPSA) is 46.1 Å². The lowest BCUT2D eigenvalue weighted by Crippen LogP contribution is -2.44. The molecule has 0 saturated carbocycles. The Kier molecular flexibility index (Phi) is 6.56. The molecule has 0 saturated heterocycles. The van der Waals surface area contributed by atoms with Gasteiger partial charge in [0.05, 0.1) is 14.2 Å². The molecule has 1 aliphatic heterocycles. The van der Waals surface area contributed by atoms with Crippen LogP contribution in [0.2, 0.25) is 0 Å². The third kappa shape index (κ3) is 4.30. The average molecular weight is 319 g/mol. The summed E-state index contributed by atoms with van der Waals surface area (Å²) in [7, 11) is 3.37. The molecule has 2 rings (SSSR count). The van der Waals surface area contributed by atoms with Crippen LogP contribution in [0, 0.1) is 0 Å². The van der Waals surface area contributed by atoms with E-state index in [0.717, 1.165) is 56.5 Å². The Morgan fingerprint density at radius 3 is 2.48 bits per heavy atom. The largest absolute Gasteiger partial charge is 0.493 e. The molecule has 0 unspecified atom stereocenters. The highest BCUT2D eigenvalue weighted by molar-refractivity contribution is 5.80. The highest BCUT2D eigenvalue weighted by atomic mass is 16.5. The first kappa shape index (κ1) is 17.4. The standard InChI is InChI=1S/C18H29N3O2/c1-5-7-9-20-18(19-6-2)21-10-8-14-11-16(22-3)17(23-4)12-15(14)13-21/h11-12H,5-10,13H2,1-4H3,(H,19,20). The van der Waals surface area contributed by atoms with Crippen molar-refractivity contribution < 1.29 is 9.47 Å². The van der Waals surface area contributed by atoms with E-state index in [4.69, 9.17) is 14.5 Å². The average Bonchev–Trinajstić information content (AvgIpc) is 2.59. The van der Waals surface area contributed by atoms with Crippen LogP contribution in [0.25, 0.3) is 0 Å². The molecule has 0 amide bonds. The highest BCUT2D eigenvalue weighted by Gasteiger charge is 2.21. The van der Waals surface area contributed by atoms with Crippen molar-refractivity contribution in [2.45, 2.75) is 39.7 Å². The number of aliphatic imine (C=N–C) groups is 1. The van der Waals surface area contributed by atoms with E-state index in [0.29, 0.717) is 0 Å². The quantitative estimate of drug-likeness (QED) is 0.497. The molecule has 0 bridgehead atoms. The molecule has 0 aromatic heterocycles. The van der Waals surface area contributed by atoms with Crippen molar-refractivity contribution in [1.29, 1.82) is 0 Å². The minimum Gasteiger partial charge on any atom is -0.493 e. The van der Waals surface area contributed by atoms with Crippen molar-refractivity contribution in [1.82, 2.24) is 10.2 Å². The maximum absolute atomic E-state index is 5.44. The van der Waals surface area contributed by atoms with Gasteiger partial charge in [-0.3, -0.25) is 4.99 Å². The number of hydrogen-bond acceptors (Lipinski definition) is 3. The molecule has 1 aromatic rings. The molecule has 0 aliphatic carbocycles. The fraction of sp³-hybridized carbons (Fsp3) is 0.611. The van der Waals surface area contributed by atoms with E-state index in [-0.39, 0.29) is 0 Å². The van der Waals surface area contributed by atoms with Crippen LogP contribution in [0.15, 0.2) is 17.1 Å². The Hall–Kier alpha value is -1.91. The van der Waals surface area contributed by atoms with Crippen LogP contribution in [0.4, 0.5) is 0 Å². The van der Waals surface area contributed by atoms with E-state index in [1.54, 1.807) is 14.2 Å². The Morgan fingerprint density at radius 1 is 1.17 bits per heavy atom. The van der Waals surface area contributed by atoms with E-state index in [9.17, 15) is 0 Å². The number of methoxy groups -OCH3 is 2. The maximum atomic E-state index is 5.44. The van der Waals surface area contributed by atoms with Crippen molar-refractivity contribution >= 4 is 5.96 Å². The van der Waals surface area contributed by atoms with Crippen LogP contribution in [0.5, 0.6) is 11.5 Å². The van der Waals surface area contributed by atoms with Gasteiger partial charge in [-0.1, -0.05) is 13.3 Å². The number of nitrogens with one attached hydrogen (secondary N) is 1. The Labute approximate surface area is 139 Å². The van der Waals surface area contributed by atoms with Crippen LogP contribution in [-0.2, 0) is 13.0 Å². The van der Waals surface area contributed by atoms with Gasteiger partial charge in [0.25, 0.3) is 0 Å². The van der Waals surface area contributed by atoms with Gasteiger partial charge < -0.3 is 19.7 Å². The van der Waals surface area contributed by atoms with Crippen LogP contribution in [0.3, 0.4) is 0 Å². The number of nitrogens with zero attached hydrogens (tertiary/aromatic N) is 2. The van der Waals surface area contributed by atoms with Crippen molar-refractivity contribution in [3.63, 3.8) is 0 Å². The predicted octanol–water partition coefficient (Wildman–Crippen LogP) is 2.83. The lowest BCUT2D eigenvalue weighted by atomic mass is 9.99. The van der Waals surface area contributed by atoms with E-state index >= 15 is 0 Å². The zero-order chi connectivity index (χ0) is 16.7. The summed E-state index contributed by atoms with van der Waals surface area (Å²) in [4.78, 5) is 7.08. The van der Waals surface area contributed by atoms with Crippen LogP contribution in [0.1, 0.15) is 37.8 Å². The first-order valence-electron chi connectivity index (χ1n) is 8.50. The fourth-order valence-electron chi connectivity index (χ4n) is 2.83. The second-order valence-electron chi connectivity index (χ2n) is 5.74. The third-order valence-corrected chi connectivity index (χ3v) is 4.13. The van der Waals surface area contributed by atoms with Crippen LogP contribution < -0.4 is 14.8 Å². The first-order chi connectivity index (χ1) is 11.2. The Morgan fingerprint density at radius 2 is 1.87 bits per heavy atom. The second-order valence-corrected chi connectivity index (χ2v) is 5.74. The summed E-state index contributed by atoms with van der Waals surface area (Å²) in [5.74, 6) is 2.62. The third-order valence-electron chi connectivity index (χ3n) is 4.13. The number of unbranched alkanes of at least 4 members (excludes halogenated alkanes) is 1. The molecule has 5 nitrogen and oxygen atoms in total. The normalized spacial score (nSPS) is 14.4. The van der Waals surface area contributed by atoms with Crippen molar-refractivity contribution in [3.05, 3.63) is 23.3 Å². The molecule has 0 radical (unpaired) electrons. The van der Waals surface area contributed by atoms with Gasteiger partial charge in [-0.05, 0) is 43.0 Å². The predicted molar refractivity (Wildman–Crippen MR) is 94.5 cm³/mol. The summed E-state index contributed by atoms with van der Waals surface area (Å²) < 4.78 is 10.8. The Bertz CT molecular complexity index is 543. The summed E-state index contributed by atoms with van der Waals surface area (Å²) in [5.41, 5.74) is 2.62. The van der Waals surface area contributed by atoms with E-state index in [1.807, 2.05) is 0 Å². The van der Waals surface area contributed by atoms with Gasteiger partial charge in [0.1, 0.15) is 0 Å². The zero-order valence-electron chi connectivity index (χ0n) is 14.8. The Balaban J connectivity index is 2.18. The maximum Gasteiger partial charge on any atom is 0.194 e. The second kappa shape index (κ2) is 8.65. The van der Waals surface area contributed by atoms with Crippen LogP contribution >= 0.6 is 0 Å². The minimum absolute atomic E-state index is 0.793. The zero-order valence-corrected chi connectivity index (χ0v) is 14.8. The molecule has 0 atom stereocenters. The molecule has 0 spiro atoms. The van der Waals surface area contributed by atoms with Gasteiger partial charge in [-0.2, -0.15) is 0 Å². The monoisotopic (exact) mass is 319 g/mol. The SMILES string of the molecule is CCCCN=C(NCC)N1CCc2cc(OC)c(OC)cc2C1.